The van der Waals surface area contributed by atoms with E-state index in [1.807, 2.05) is 0 Å². The summed E-state index contributed by atoms with van der Waals surface area (Å²) < 4.78 is 6.81. The number of ether oxygens (including phenoxy) is 1. The molecule has 1 fully saturated rings. The molecule has 4 heterocycles. The molecule has 1 atom stereocenters. The maximum Gasteiger partial charge on any atom is 0.341 e. The minimum Gasteiger partial charge on any atom is -0.477 e. The van der Waals surface area contributed by atoms with Crippen LogP contribution in [0.3, 0.4) is 0 Å². The van der Waals surface area contributed by atoms with Gasteiger partial charge in [0.15, 0.2) is 16.3 Å². The third-order valence-corrected chi connectivity index (χ3v) is 5.34. The summed E-state index contributed by atoms with van der Waals surface area (Å²) in [6.07, 6.45) is 6.41. The van der Waals surface area contributed by atoms with Crippen LogP contribution in [0.4, 0.5) is 5.82 Å². The highest BCUT2D eigenvalue weighted by molar-refractivity contribution is 7.12. The standard InChI is InChI=1S/C17H17N5O4S/c1-26-9-10-3-2-5-21(10)12-7-19-13-14(23)11(16(24)25)8-22(15(13)20-12)17-18-4-6-27-17/h4,6-8,10H,2-3,5,9H2,1H3,(H,24,25)/t10-/m0/s1. The van der Waals surface area contributed by atoms with E-state index in [-0.39, 0.29) is 17.1 Å². The number of fused-ring (bicyclic) bond motifs is 1. The van der Waals surface area contributed by atoms with Crippen LogP contribution in [0.2, 0.25) is 0 Å². The van der Waals surface area contributed by atoms with E-state index >= 15 is 0 Å². The Labute approximate surface area is 157 Å². The summed E-state index contributed by atoms with van der Waals surface area (Å²) in [7, 11) is 1.66. The van der Waals surface area contributed by atoms with Crippen LogP contribution in [-0.2, 0) is 4.74 Å². The maximum atomic E-state index is 12.5. The monoisotopic (exact) mass is 387 g/mol. The van der Waals surface area contributed by atoms with Gasteiger partial charge < -0.3 is 14.7 Å². The van der Waals surface area contributed by atoms with Crippen LogP contribution in [0.5, 0.6) is 0 Å². The summed E-state index contributed by atoms with van der Waals surface area (Å²) in [6, 6.07) is 0.195. The summed E-state index contributed by atoms with van der Waals surface area (Å²) in [4.78, 5) is 39.3. The van der Waals surface area contributed by atoms with Gasteiger partial charge in [-0.1, -0.05) is 0 Å². The van der Waals surface area contributed by atoms with E-state index in [1.54, 1.807) is 18.7 Å². The Balaban J connectivity index is 1.92. The third kappa shape index (κ3) is 3.06. The minimum absolute atomic E-state index is 0.0105. The molecule has 140 valence electrons. The normalized spacial score (nSPS) is 16.9. The van der Waals surface area contributed by atoms with Gasteiger partial charge in [0.25, 0.3) is 0 Å². The first kappa shape index (κ1) is 17.6. The number of anilines is 1. The predicted octanol–water partition coefficient (Wildman–Crippen LogP) is 1.55. The Kier molecular flexibility index (Phi) is 4.58. The first-order valence-electron chi connectivity index (χ1n) is 8.41. The fraction of sp³-hybridized carbons (Fsp3) is 0.353. The molecule has 1 N–H and O–H groups in total. The molecule has 0 bridgehead atoms. The van der Waals surface area contributed by atoms with Gasteiger partial charge in [-0.3, -0.25) is 9.36 Å². The van der Waals surface area contributed by atoms with Gasteiger partial charge in [0, 0.05) is 31.4 Å². The number of methoxy groups -OCH3 is 1. The van der Waals surface area contributed by atoms with Gasteiger partial charge in [0.2, 0.25) is 5.43 Å². The highest BCUT2D eigenvalue weighted by Crippen LogP contribution is 2.25. The molecule has 0 aliphatic carbocycles. The number of aromatic carboxylic acids is 1. The lowest BCUT2D eigenvalue weighted by Crippen LogP contribution is -2.33. The molecule has 1 saturated heterocycles. The van der Waals surface area contributed by atoms with Crippen molar-refractivity contribution in [1.29, 1.82) is 0 Å². The Morgan fingerprint density at radius 3 is 3.00 bits per heavy atom. The average Bonchev–Trinajstić information content (AvgIpc) is 3.34. The van der Waals surface area contributed by atoms with Crippen LogP contribution in [0.15, 0.2) is 28.8 Å². The summed E-state index contributed by atoms with van der Waals surface area (Å²) in [6.45, 7) is 1.40. The SMILES string of the molecule is COC[C@@H]1CCCN1c1cnc2c(=O)c(C(=O)O)cn(-c3nccs3)c2n1. The average molecular weight is 387 g/mol. The van der Waals surface area contributed by atoms with Crippen molar-refractivity contribution in [3.05, 3.63) is 39.8 Å². The minimum atomic E-state index is -1.31. The molecule has 0 aromatic carbocycles. The fourth-order valence-electron chi connectivity index (χ4n) is 3.35. The molecule has 27 heavy (non-hydrogen) atoms. The summed E-state index contributed by atoms with van der Waals surface area (Å²) in [5.41, 5.74) is -0.714. The first-order valence-corrected chi connectivity index (χ1v) is 9.29. The van der Waals surface area contributed by atoms with Crippen molar-refractivity contribution in [3.63, 3.8) is 0 Å². The Hall–Kier alpha value is -2.85. The van der Waals surface area contributed by atoms with E-state index in [9.17, 15) is 14.7 Å². The largest absolute Gasteiger partial charge is 0.477 e. The van der Waals surface area contributed by atoms with Crippen molar-refractivity contribution in [2.24, 2.45) is 0 Å². The van der Waals surface area contributed by atoms with Crippen molar-refractivity contribution < 1.29 is 14.6 Å². The number of carboxylic acid groups (broad SMARTS) is 1. The lowest BCUT2D eigenvalue weighted by Gasteiger charge is -2.25. The molecule has 4 rings (SSSR count). The Morgan fingerprint density at radius 2 is 2.30 bits per heavy atom. The summed E-state index contributed by atoms with van der Waals surface area (Å²) in [5.74, 6) is -0.674. The molecule has 0 unspecified atom stereocenters. The number of aromatic nitrogens is 4. The number of hydrogen-bond acceptors (Lipinski definition) is 8. The molecule has 3 aromatic rings. The zero-order valence-electron chi connectivity index (χ0n) is 14.5. The Morgan fingerprint density at radius 1 is 1.44 bits per heavy atom. The molecule has 3 aromatic heterocycles. The van der Waals surface area contributed by atoms with E-state index in [4.69, 9.17) is 4.74 Å². The van der Waals surface area contributed by atoms with Gasteiger partial charge in [-0.15, -0.1) is 11.3 Å². The number of nitrogens with zero attached hydrogens (tertiary/aromatic N) is 5. The molecule has 0 radical (unpaired) electrons. The highest BCUT2D eigenvalue weighted by Gasteiger charge is 2.27. The van der Waals surface area contributed by atoms with Crippen LogP contribution < -0.4 is 10.3 Å². The highest BCUT2D eigenvalue weighted by atomic mass is 32.1. The van der Waals surface area contributed by atoms with Crippen molar-refractivity contribution in [2.45, 2.75) is 18.9 Å². The number of pyridine rings is 1. The van der Waals surface area contributed by atoms with Gasteiger partial charge in [0.1, 0.15) is 11.4 Å². The van der Waals surface area contributed by atoms with Crippen LogP contribution in [0, 0.1) is 0 Å². The molecule has 9 nitrogen and oxygen atoms in total. The van der Waals surface area contributed by atoms with Gasteiger partial charge in [-0.05, 0) is 12.8 Å². The van der Waals surface area contributed by atoms with Crippen molar-refractivity contribution in [2.75, 3.05) is 25.2 Å². The Bertz CT molecular complexity index is 1050. The molecule has 0 saturated carbocycles. The number of hydrogen-bond donors (Lipinski definition) is 1. The number of rotatable bonds is 5. The number of thiazole rings is 1. The zero-order chi connectivity index (χ0) is 19.0. The predicted molar refractivity (Wildman–Crippen MR) is 100 cm³/mol. The van der Waals surface area contributed by atoms with E-state index in [0.29, 0.717) is 23.2 Å². The zero-order valence-corrected chi connectivity index (χ0v) is 15.3. The summed E-state index contributed by atoms with van der Waals surface area (Å²) in [5, 5.41) is 11.7. The van der Waals surface area contributed by atoms with Gasteiger partial charge >= 0.3 is 5.97 Å². The molecule has 0 amide bonds. The number of carboxylic acids is 1. The molecular formula is C17H17N5O4S. The third-order valence-electron chi connectivity index (χ3n) is 4.57. The lowest BCUT2D eigenvalue weighted by atomic mass is 10.2. The second-order valence-corrected chi connectivity index (χ2v) is 7.08. The van der Waals surface area contributed by atoms with Crippen molar-refractivity contribution in [3.8, 4) is 5.13 Å². The number of carbonyl (C=O) groups is 1. The van der Waals surface area contributed by atoms with Gasteiger partial charge in [-0.2, -0.15) is 0 Å². The maximum absolute atomic E-state index is 12.5. The van der Waals surface area contributed by atoms with Crippen molar-refractivity contribution in [1.82, 2.24) is 19.5 Å². The van der Waals surface area contributed by atoms with Crippen LogP contribution >= 0.6 is 11.3 Å². The molecule has 10 heteroatoms. The lowest BCUT2D eigenvalue weighted by molar-refractivity contribution is 0.0695. The topological polar surface area (TPSA) is 110 Å². The van der Waals surface area contributed by atoms with Gasteiger partial charge in [0.05, 0.1) is 18.8 Å². The van der Waals surface area contributed by atoms with Gasteiger partial charge in [-0.25, -0.2) is 19.7 Å². The quantitative estimate of drug-likeness (QED) is 0.702. The fourth-order valence-corrected chi connectivity index (χ4v) is 3.97. The van der Waals surface area contributed by atoms with E-state index in [2.05, 4.69) is 19.9 Å². The second kappa shape index (κ2) is 7.05. The molecular weight excluding hydrogens is 370 g/mol. The van der Waals surface area contributed by atoms with Crippen LogP contribution in [0.1, 0.15) is 23.2 Å². The first-order chi connectivity index (χ1) is 13.1. The van der Waals surface area contributed by atoms with Crippen LogP contribution in [0.25, 0.3) is 16.3 Å². The molecule has 1 aliphatic rings. The van der Waals surface area contributed by atoms with E-state index < -0.39 is 11.4 Å². The summed E-state index contributed by atoms with van der Waals surface area (Å²) >= 11 is 1.32. The van der Waals surface area contributed by atoms with Crippen LogP contribution in [-0.4, -0.2) is 56.9 Å². The van der Waals surface area contributed by atoms with Crippen molar-refractivity contribution >= 4 is 34.3 Å². The molecule has 1 aliphatic heterocycles. The smallest absolute Gasteiger partial charge is 0.341 e. The van der Waals surface area contributed by atoms with E-state index in [1.165, 1.54) is 28.3 Å². The second-order valence-electron chi connectivity index (χ2n) is 6.21. The van der Waals surface area contributed by atoms with E-state index in [0.717, 1.165) is 19.4 Å². The molecule has 0 spiro atoms.